The van der Waals surface area contributed by atoms with Crippen molar-refractivity contribution in [2.45, 2.75) is 19.4 Å². The van der Waals surface area contributed by atoms with Crippen LogP contribution in [0.2, 0.25) is 0 Å². The normalized spacial score (nSPS) is 21.1. The number of amides is 2. The number of likely N-dealkylation sites (tertiary alicyclic amines) is 1. The SMILES string of the molecule is COc1ccc(CN2CCN(C(=O)CN3CCCC(C(=O)N(C)C)C3)CC2)cc1. The largest absolute Gasteiger partial charge is 0.497 e. The van der Waals surface area contributed by atoms with Gasteiger partial charge in [0, 0.05) is 53.4 Å². The Balaban J connectivity index is 1.43. The fourth-order valence-electron chi connectivity index (χ4n) is 4.20. The number of methoxy groups -OCH3 is 1. The van der Waals surface area contributed by atoms with Gasteiger partial charge in [-0.2, -0.15) is 0 Å². The molecule has 1 aromatic carbocycles. The summed E-state index contributed by atoms with van der Waals surface area (Å²) in [5.41, 5.74) is 1.26. The van der Waals surface area contributed by atoms with Crippen LogP contribution in [-0.2, 0) is 16.1 Å². The summed E-state index contributed by atoms with van der Waals surface area (Å²) in [6, 6.07) is 8.17. The molecule has 1 atom stereocenters. The van der Waals surface area contributed by atoms with Crippen molar-refractivity contribution < 1.29 is 14.3 Å². The zero-order valence-corrected chi connectivity index (χ0v) is 18.0. The predicted octanol–water partition coefficient (Wildman–Crippen LogP) is 1.14. The first-order valence-electron chi connectivity index (χ1n) is 10.5. The molecule has 2 aliphatic rings. The monoisotopic (exact) mass is 402 g/mol. The van der Waals surface area contributed by atoms with Gasteiger partial charge in [0.25, 0.3) is 0 Å². The lowest BCUT2D eigenvalue weighted by molar-refractivity contribution is -0.138. The highest BCUT2D eigenvalue weighted by molar-refractivity contribution is 5.80. The second-order valence-electron chi connectivity index (χ2n) is 8.31. The summed E-state index contributed by atoms with van der Waals surface area (Å²) in [6.45, 7) is 6.23. The van der Waals surface area contributed by atoms with Crippen LogP contribution >= 0.6 is 0 Å². The van der Waals surface area contributed by atoms with Crippen molar-refractivity contribution in [1.82, 2.24) is 19.6 Å². The fraction of sp³-hybridized carbons (Fsp3) is 0.636. The lowest BCUT2D eigenvalue weighted by Gasteiger charge is -2.37. The molecule has 160 valence electrons. The number of rotatable bonds is 6. The van der Waals surface area contributed by atoms with Gasteiger partial charge >= 0.3 is 0 Å². The molecule has 0 aromatic heterocycles. The van der Waals surface area contributed by atoms with Crippen molar-refractivity contribution in [3.8, 4) is 5.75 Å². The molecule has 0 N–H and O–H groups in total. The molecular formula is C22H34N4O3. The maximum atomic E-state index is 12.8. The van der Waals surface area contributed by atoms with Crippen LogP contribution in [0.5, 0.6) is 5.75 Å². The number of piperazine rings is 1. The molecule has 0 spiro atoms. The lowest BCUT2D eigenvalue weighted by Crippen LogP contribution is -2.52. The fourth-order valence-corrected chi connectivity index (χ4v) is 4.20. The summed E-state index contributed by atoms with van der Waals surface area (Å²) in [6.07, 6.45) is 1.90. The molecule has 0 aliphatic carbocycles. The molecule has 2 aliphatic heterocycles. The number of hydrogen-bond acceptors (Lipinski definition) is 5. The van der Waals surface area contributed by atoms with Crippen LogP contribution in [-0.4, -0.2) is 98.4 Å². The standard InChI is InChI=1S/C22H34N4O3/c1-23(2)22(28)19-5-4-10-25(16-19)17-21(27)26-13-11-24(12-14-26)15-18-6-8-20(29-3)9-7-18/h6-9,19H,4-5,10-17H2,1-3H3. The van der Waals surface area contributed by atoms with Gasteiger partial charge in [-0.1, -0.05) is 12.1 Å². The van der Waals surface area contributed by atoms with Crippen molar-refractivity contribution in [3.05, 3.63) is 29.8 Å². The number of hydrogen-bond donors (Lipinski definition) is 0. The van der Waals surface area contributed by atoms with E-state index >= 15 is 0 Å². The predicted molar refractivity (Wildman–Crippen MR) is 113 cm³/mol. The van der Waals surface area contributed by atoms with Crippen LogP contribution < -0.4 is 4.74 Å². The van der Waals surface area contributed by atoms with Gasteiger partial charge < -0.3 is 14.5 Å². The minimum atomic E-state index is 0.0212. The minimum absolute atomic E-state index is 0.0212. The smallest absolute Gasteiger partial charge is 0.236 e. The van der Waals surface area contributed by atoms with E-state index in [2.05, 4.69) is 21.9 Å². The number of piperidine rings is 1. The highest BCUT2D eigenvalue weighted by Gasteiger charge is 2.29. The Kier molecular flexibility index (Phi) is 7.50. The van der Waals surface area contributed by atoms with E-state index < -0.39 is 0 Å². The van der Waals surface area contributed by atoms with E-state index in [9.17, 15) is 9.59 Å². The molecule has 7 nitrogen and oxygen atoms in total. The molecular weight excluding hydrogens is 368 g/mol. The number of carbonyl (C=O) groups is 2. The minimum Gasteiger partial charge on any atom is -0.497 e. The molecule has 7 heteroatoms. The highest BCUT2D eigenvalue weighted by Crippen LogP contribution is 2.19. The third-order valence-corrected chi connectivity index (χ3v) is 5.94. The molecule has 2 heterocycles. The van der Waals surface area contributed by atoms with Gasteiger partial charge in [0.15, 0.2) is 0 Å². The molecule has 2 saturated heterocycles. The zero-order chi connectivity index (χ0) is 20.8. The van der Waals surface area contributed by atoms with E-state index in [1.165, 1.54) is 5.56 Å². The van der Waals surface area contributed by atoms with Gasteiger partial charge in [0.05, 0.1) is 19.6 Å². The molecule has 1 unspecified atom stereocenters. The summed E-state index contributed by atoms with van der Waals surface area (Å²) in [7, 11) is 5.28. The Morgan fingerprint density at radius 3 is 2.34 bits per heavy atom. The van der Waals surface area contributed by atoms with Crippen LogP contribution in [0.15, 0.2) is 24.3 Å². The van der Waals surface area contributed by atoms with Crippen LogP contribution in [0.25, 0.3) is 0 Å². The van der Waals surface area contributed by atoms with Gasteiger partial charge in [-0.3, -0.25) is 19.4 Å². The quantitative estimate of drug-likeness (QED) is 0.714. The summed E-state index contributed by atoms with van der Waals surface area (Å²) in [4.78, 5) is 33.2. The van der Waals surface area contributed by atoms with E-state index in [0.717, 1.165) is 57.9 Å². The van der Waals surface area contributed by atoms with Crippen LogP contribution in [0.3, 0.4) is 0 Å². The second-order valence-corrected chi connectivity index (χ2v) is 8.31. The summed E-state index contributed by atoms with van der Waals surface area (Å²) >= 11 is 0. The average Bonchev–Trinajstić information content (AvgIpc) is 2.74. The molecule has 2 fully saturated rings. The van der Waals surface area contributed by atoms with Crippen molar-refractivity contribution in [1.29, 1.82) is 0 Å². The summed E-state index contributed by atoms with van der Waals surface area (Å²) in [5, 5.41) is 0. The van der Waals surface area contributed by atoms with Gasteiger partial charge in [-0.05, 0) is 37.1 Å². The highest BCUT2D eigenvalue weighted by atomic mass is 16.5. The van der Waals surface area contributed by atoms with Crippen molar-refractivity contribution >= 4 is 11.8 Å². The first kappa shape index (κ1) is 21.6. The van der Waals surface area contributed by atoms with E-state index in [0.29, 0.717) is 13.1 Å². The van der Waals surface area contributed by atoms with Gasteiger partial charge in [-0.15, -0.1) is 0 Å². The number of nitrogens with zero attached hydrogens (tertiary/aromatic N) is 4. The Bertz CT molecular complexity index is 684. The van der Waals surface area contributed by atoms with Crippen LogP contribution in [0, 0.1) is 5.92 Å². The third kappa shape index (κ3) is 5.93. The molecule has 2 amide bonds. The molecule has 3 rings (SSSR count). The Morgan fingerprint density at radius 1 is 1.03 bits per heavy atom. The van der Waals surface area contributed by atoms with Gasteiger partial charge in [0.1, 0.15) is 5.75 Å². The molecule has 0 saturated carbocycles. The maximum Gasteiger partial charge on any atom is 0.236 e. The van der Waals surface area contributed by atoms with E-state index in [1.54, 1.807) is 26.1 Å². The summed E-state index contributed by atoms with van der Waals surface area (Å²) in [5.74, 6) is 1.26. The zero-order valence-electron chi connectivity index (χ0n) is 18.0. The molecule has 0 bridgehead atoms. The third-order valence-electron chi connectivity index (χ3n) is 5.94. The Labute approximate surface area is 174 Å². The lowest BCUT2D eigenvalue weighted by atomic mass is 9.97. The second kappa shape index (κ2) is 10.1. The molecule has 0 radical (unpaired) electrons. The molecule has 29 heavy (non-hydrogen) atoms. The Morgan fingerprint density at radius 2 is 1.72 bits per heavy atom. The maximum absolute atomic E-state index is 12.8. The van der Waals surface area contributed by atoms with Crippen LogP contribution in [0.4, 0.5) is 0 Å². The first-order valence-corrected chi connectivity index (χ1v) is 10.5. The van der Waals surface area contributed by atoms with Gasteiger partial charge in [0.2, 0.25) is 11.8 Å². The summed E-state index contributed by atoms with van der Waals surface area (Å²) < 4.78 is 5.21. The van der Waals surface area contributed by atoms with Crippen molar-refractivity contribution in [2.75, 3.05) is 67.0 Å². The van der Waals surface area contributed by atoms with Gasteiger partial charge in [-0.25, -0.2) is 0 Å². The number of benzene rings is 1. The number of carbonyl (C=O) groups excluding carboxylic acids is 2. The topological polar surface area (TPSA) is 56.3 Å². The number of ether oxygens (including phenoxy) is 1. The average molecular weight is 403 g/mol. The first-order chi connectivity index (χ1) is 14.0. The molecule has 1 aromatic rings. The van der Waals surface area contributed by atoms with E-state index in [4.69, 9.17) is 4.74 Å². The van der Waals surface area contributed by atoms with Crippen molar-refractivity contribution in [3.63, 3.8) is 0 Å². The van der Waals surface area contributed by atoms with E-state index in [-0.39, 0.29) is 17.7 Å². The van der Waals surface area contributed by atoms with E-state index in [1.807, 2.05) is 17.0 Å². The van der Waals surface area contributed by atoms with Crippen molar-refractivity contribution in [2.24, 2.45) is 5.92 Å². The Hall–Kier alpha value is -2.12. The van der Waals surface area contributed by atoms with Crippen LogP contribution in [0.1, 0.15) is 18.4 Å².